The van der Waals surface area contributed by atoms with Gasteiger partial charge in [0.2, 0.25) is 0 Å². The number of nitro groups is 1. The van der Waals surface area contributed by atoms with E-state index >= 15 is 0 Å². The minimum absolute atomic E-state index is 0.0667. The minimum Gasteiger partial charge on any atom is -0.506 e. The standard InChI is InChI=1S/C11H12N2O6S/c1-5-10(14)9(12)7-3-2-6(13(15)16)4-8(7)11(5)20(17,18)19/h2-5,11,14H,12H2,1H3,(H,17,18,19)/p+1. The number of benzene rings is 1. The molecule has 0 aromatic heterocycles. The number of rotatable bonds is 2. The molecule has 1 aliphatic rings. The summed E-state index contributed by atoms with van der Waals surface area (Å²) >= 11 is 0. The third-order valence-corrected chi connectivity index (χ3v) is 4.70. The van der Waals surface area contributed by atoms with E-state index in [2.05, 4.69) is 5.73 Å². The van der Waals surface area contributed by atoms with E-state index in [9.17, 15) is 28.2 Å². The van der Waals surface area contributed by atoms with Crippen molar-refractivity contribution in [3.63, 3.8) is 0 Å². The lowest BCUT2D eigenvalue weighted by atomic mass is 9.86. The molecular formula is C11H13N2O6S+. The summed E-state index contributed by atoms with van der Waals surface area (Å²) in [6.07, 6.45) is 0. The molecule has 0 saturated heterocycles. The Morgan fingerprint density at radius 2 is 2.00 bits per heavy atom. The number of hydrogen-bond acceptors (Lipinski definition) is 5. The van der Waals surface area contributed by atoms with Gasteiger partial charge in [-0.25, -0.2) is 0 Å². The summed E-state index contributed by atoms with van der Waals surface area (Å²) in [5.41, 5.74) is 3.89. The molecule has 0 heterocycles. The molecule has 0 fully saturated rings. The molecule has 1 aliphatic carbocycles. The second kappa shape index (κ2) is 4.54. The van der Waals surface area contributed by atoms with Crippen LogP contribution in [-0.2, 0) is 10.1 Å². The monoisotopic (exact) mass is 301 g/mol. The third kappa shape index (κ3) is 2.15. The van der Waals surface area contributed by atoms with Crippen LogP contribution >= 0.6 is 0 Å². The number of quaternary nitrogens is 1. The largest absolute Gasteiger partial charge is 0.506 e. The fraction of sp³-hybridized carbons (Fsp3) is 0.273. The molecule has 2 atom stereocenters. The summed E-state index contributed by atoms with van der Waals surface area (Å²) in [5.74, 6) is -1.19. The summed E-state index contributed by atoms with van der Waals surface area (Å²) in [7, 11) is -4.53. The van der Waals surface area contributed by atoms with E-state index in [1.807, 2.05) is 0 Å². The van der Waals surface area contributed by atoms with E-state index in [-0.39, 0.29) is 28.3 Å². The SMILES string of the molecule is CC1C(O)=C([NH3+])c2ccc([N+](=O)[O-])cc2C1S(=O)(=O)O. The number of nitro benzene ring substituents is 1. The number of non-ortho nitro benzene ring substituents is 1. The van der Waals surface area contributed by atoms with Crippen LogP contribution in [0.25, 0.3) is 5.70 Å². The van der Waals surface area contributed by atoms with Gasteiger partial charge in [-0.2, -0.15) is 8.42 Å². The van der Waals surface area contributed by atoms with Gasteiger partial charge in [-0.05, 0) is 11.6 Å². The first kappa shape index (κ1) is 14.4. The van der Waals surface area contributed by atoms with Crippen molar-refractivity contribution >= 4 is 21.5 Å². The normalized spacial score (nSPS) is 22.6. The van der Waals surface area contributed by atoms with Gasteiger partial charge in [-0.15, -0.1) is 0 Å². The summed E-state index contributed by atoms with van der Waals surface area (Å²) < 4.78 is 32.4. The lowest BCUT2D eigenvalue weighted by molar-refractivity contribution is -0.384. The van der Waals surface area contributed by atoms with Crippen LogP contribution in [0.15, 0.2) is 24.0 Å². The zero-order chi connectivity index (χ0) is 15.2. The van der Waals surface area contributed by atoms with Crippen LogP contribution in [0, 0.1) is 16.0 Å². The molecule has 5 N–H and O–H groups in total. The van der Waals surface area contributed by atoms with Gasteiger partial charge in [0.15, 0.2) is 11.5 Å². The molecule has 8 nitrogen and oxygen atoms in total. The molecule has 0 saturated carbocycles. The smallest absolute Gasteiger partial charge is 0.272 e. The lowest BCUT2D eigenvalue weighted by Crippen LogP contribution is -2.49. The molecule has 1 aromatic rings. The predicted octanol–water partition coefficient (Wildman–Crippen LogP) is 0.642. The van der Waals surface area contributed by atoms with Crippen LogP contribution in [-0.4, -0.2) is 23.0 Å². The topological polar surface area (TPSA) is 145 Å². The highest BCUT2D eigenvalue weighted by atomic mass is 32.2. The fourth-order valence-electron chi connectivity index (χ4n) is 2.42. The van der Waals surface area contributed by atoms with Crippen molar-refractivity contribution in [2.75, 3.05) is 0 Å². The van der Waals surface area contributed by atoms with Crippen LogP contribution in [0.5, 0.6) is 0 Å². The van der Waals surface area contributed by atoms with Crippen molar-refractivity contribution in [1.82, 2.24) is 0 Å². The summed E-state index contributed by atoms with van der Waals surface area (Å²) in [4.78, 5) is 10.1. The minimum atomic E-state index is -4.53. The van der Waals surface area contributed by atoms with E-state index in [0.717, 1.165) is 6.07 Å². The average Bonchev–Trinajstić information content (AvgIpc) is 2.34. The van der Waals surface area contributed by atoms with Crippen molar-refractivity contribution in [2.45, 2.75) is 12.2 Å². The first-order valence-corrected chi connectivity index (χ1v) is 7.15. The fourth-order valence-corrected chi connectivity index (χ4v) is 3.58. The number of hydrogen-bond donors (Lipinski definition) is 3. The molecule has 0 amide bonds. The van der Waals surface area contributed by atoms with Gasteiger partial charge in [0.1, 0.15) is 5.25 Å². The molecular weight excluding hydrogens is 288 g/mol. The Balaban J connectivity index is 2.79. The van der Waals surface area contributed by atoms with Gasteiger partial charge >= 0.3 is 0 Å². The molecule has 0 bridgehead atoms. The Hall–Kier alpha value is -1.97. The molecule has 9 heteroatoms. The van der Waals surface area contributed by atoms with E-state index < -0.39 is 26.2 Å². The molecule has 0 radical (unpaired) electrons. The van der Waals surface area contributed by atoms with Gasteiger partial charge in [0.05, 0.1) is 4.92 Å². The molecule has 20 heavy (non-hydrogen) atoms. The molecule has 1 aromatic carbocycles. The zero-order valence-electron chi connectivity index (χ0n) is 10.5. The number of fused-ring (bicyclic) bond motifs is 1. The highest BCUT2D eigenvalue weighted by Gasteiger charge is 2.42. The van der Waals surface area contributed by atoms with Crippen LogP contribution in [0.4, 0.5) is 5.69 Å². The molecule has 2 rings (SSSR count). The quantitative estimate of drug-likeness (QED) is 0.415. The second-order valence-corrected chi connectivity index (χ2v) is 6.15. The van der Waals surface area contributed by atoms with Gasteiger partial charge < -0.3 is 10.8 Å². The molecule has 0 aliphatic heterocycles. The zero-order valence-corrected chi connectivity index (χ0v) is 11.3. The summed E-state index contributed by atoms with van der Waals surface area (Å²) in [6.45, 7) is 1.40. The highest BCUT2D eigenvalue weighted by Crippen LogP contribution is 2.43. The maximum atomic E-state index is 11.5. The van der Waals surface area contributed by atoms with Gasteiger partial charge in [0, 0.05) is 23.6 Å². The van der Waals surface area contributed by atoms with E-state index in [4.69, 9.17) is 0 Å². The van der Waals surface area contributed by atoms with E-state index in [0.29, 0.717) is 0 Å². The van der Waals surface area contributed by atoms with Gasteiger partial charge in [-0.3, -0.25) is 14.7 Å². The number of aliphatic hydroxyl groups is 1. The predicted molar refractivity (Wildman–Crippen MR) is 69.0 cm³/mol. The Labute approximate surface area is 114 Å². The van der Waals surface area contributed by atoms with Crippen LogP contribution in [0.1, 0.15) is 23.3 Å². The van der Waals surface area contributed by atoms with Crippen molar-refractivity contribution in [2.24, 2.45) is 5.92 Å². The number of allylic oxidation sites excluding steroid dienone is 1. The Morgan fingerprint density at radius 1 is 1.40 bits per heavy atom. The second-order valence-electron chi connectivity index (χ2n) is 4.62. The molecule has 108 valence electrons. The maximum absolute atomic E-state index is 11.5. The summed E-state index contributed by atoms with van der Waals surface area (Å²) in [6, 6.07) is 3.59. The van der Waals surface area contributed by atoms with Crippen LogP contribution in [0.3, 0.4) is 0 Å². The molecule has 2 unspecified atom stereocenters. The average molecular weight is 301 g/mol. The number of aliphatic hydroxyl groups excluding tert-OH is 1. The molecule has 0 spiro atoms. The van der Waals surface area contributed by atoms with Crippen LogP contribution < -0.4 is 5.73 Å². The third-order valence-electron chi connectivity index (χ3n) is 3.39. The Bertz CT molecular complexity index is 724. The van der Waals surface area contributed by atoms with Gasteiger partial charge in [0.25, 0.3) is 15.8 Å². The van der Waals surface area contributed by atoms with Crippen molar-refractivity contribution in [1.29, 1.82) is 0 Å². The lowest BCUT2D eigenvalue weighted by Gasteiger charge is -2.27. The first-order valence-electron chi connectivity index (χ1n) is 5.64. The maximum Gasteiger partial charge on any atom is 0.272 e. The van der Waals surface area contributed by atoms with Crippen LogP contribution in [0.2, 0.25) is 0 Å². The summed E-state index contributed by atoms with van der Waals surface area (Å²) in [5, 5.41) is 19.2. The van der Waals surface area contributed by atoms with Crippen molar-refractivity contribution in [3.8, 4) is 0 Å². The first-order chi connectivity index (χ1) is 9.14. The Kier molecular flexibility index (Phi) is 3.28. The van der Waals surface area contributed by atoms with E-state index in [1.54, 1.807) is 0 Å². The number of nitrogens with zero attached hydrogens (tertiary/aromatic N) is 1. The van der Waals surface area contributed by atoms with Gasteiger partial charge in [-0.1, -0.05) is 6.92 Å². The van der Waals surface area contributed by atoms with E-state index in [1.165, 1.54) is 19.1 Å². The highest BCUT2D eigenvalue weighted by molar-refractivity contribution is 7.86. The van der Waals surface area contributed by atoms with Crippen molar-refractivity contribution in [3.05, 3.63) is 45.2 Å². The van der Waals surface area contributed by atoms with Crippen molar-refractivity contribution < 1.29 is 28.7 Å². The Morgan fingerprint density at radius 3 is 2.50 bits per heavy atom.